The summed E-state index contributed by atoms with van der Waals surface area (Å²) in [5.41, 5.74) is 5.24. The zero-order chi connectivity index (χ0) is 22.0. The molecule has 7 heteroatoms. The second-order valence-corrected chi connectivity index (χ2v) is 8.19. The molecular weight excluding hydrogens is 410 g/mol. The summed E-state index contributed by atoms with van der Waals surface area (Å²) >= 11 is 1.44. The Balaban J connectivity index is 1.49. The van der Waals surface area contributed by atoms with Crippen molar-refractivity contribution in [2.45, 2.75) is 19.8 Å². The van der Waals surface area contributed by atoms with Crippen molar-refractivity contribution in [3.63, 3.8) is 0 Å². The maximum atomic E-state index is 12.4. The van der Waals surface area contributed by atoms with E-state index in [0.29, 0.717) is 18.0 Å². The third-order valence-electron chi connectivity index (χ3n) is 5.51. The van der Waals surface area contributed by atoms with Crippen molar-refractivity contribution < 1.29 is 14.3 Å². The number of rotatable bonds is 7. The molecule has 2 aromatic carbocycles. The Hall–Kier alpha value is -3.32. The van der Waals surface area contributed by atoms with Gasteiger partial charge in [-0.2, -0.15) is 0 Å². The molecule has 0 atom stereocenters. The zero-order valence-corrected chi connectivity index (χ0v) is 18.9. The molecule has 1 N–H and O–H groups in total. The standard InChI is InChI=1S/C24H25N3O3S/c1-15-23(19-13-18(30-4)10-11-21(19)27(15)2)20-14-31-24(25-20)26-22(28)12-7-16-5-8-17(29-3)9-6-16/h5-6,8-11,13-14H,7,12H2,1-4H3,(H,25,26,28). The summed E-state index contributed by atoms with van der Waals surface area (Å²) in [6.45, 7) is 2.08. The van der Waals surface area contributed by atoms with Crippen LogP contribution in [0.2, 0.25) is 0 Å². The summed E-state index contributed by atoms with van der Waals surface area (Å²) in [4.78, 5) is 17.1. The SMILES string of the molecule is COc1ccc(CCC(=O)Nc2nc(-c3c(C)n(C)c4ccc(OC)cc34)cs2)cc1. The molecule has 6 nitrogen and oxygen atoms in total. The first kappa shape index (κ1) is 20.9. The van der Waals surface area contributed by atoms with Gasteiger partial charge in [-0.25, -0.2) is 4.98 Å². The Morgan fingerprint density at radius 2 is 1.81 bits per heavy atom. The third-order valence-corrected chi connectivity index (χ3v) is 6.26. The van der Waals surface area contributed by atoms with Crippen LogP contribution in [-0.4, -0.2) is 29.7 Å². The Morgan fingerprint density at radius 1 is 1.10 bits per heavy atom. The molecule has 0 aliphatic rings. The van der Waals surface area contributed by atoms with E-state index in [1.165, 1.54) is 11.3 Å². The van der Waals surface area contributed by atoms with E-state index in [2.05, 4.69) is 22.9 Å². The molecule has 0 fully saturated rings. The fourth-order valence-corrected chi connectivity index (χ4v) is 4.40. The topological polar surface area (TPSA) is 65.4 Å². The van der Waals surface area contributed by atoms with E-state index in [1.54, 1.807) is 14.2 Å². The predicted molar refractivity (Wildman–Crippen MR) is 125 cm³/mol. The number of aryl methyl sites for hydroxylation is 2. The normalized spacial score (nSPS) is 11.0. The summed E-state index contributed by atoms with van der Waals surface area (Å²) in [5, 5.41) is 6.61. The van der Waals surface area contributed by atoms with Crippen LogP contribution in [0, 0.1) is 6.92 Å². The van der Waals surface area contributed by atoms with E-state index in [0.717, 1.165) is 44.9 Å². The van der Waals surface area contributed by atoms with Gasteiger partial charge in [-0.15, -0.1) is 11.3 Å². The van der Waals surface area contributed by atoms with Crippen LogP contribution in [0.5, 0.6) is 11.5 Å². The number of anilines is 1. The van der Waals surface area contributed by atoms with Crippen molar-refractivity contribution in [1.82, 2.24) is 9.55 Å². The van der Waals surface area contributed by atoms with E-state index in [4.69, 9.17) is 14.5 Å². The van der Waals surface area contributed by atoms with Crippen molar-refractivity contribution in [3.8, 4) is 22.8 Å². The molecule has 0 unspecified atom stereocenters. The lowest BCUT2D eigenvalue weighted by molar-refractivity contribution is -0.116. The third kappa shape index (κ3) is 4.27. The number of amides is 1. The average Bonchev–Trinajstić information content (AvgIpc) is 3.34. The Morgan fingerprint density at radius 3 is 2.52 bits per heavy atom. The molecule has 31 heavy (non-hydrogen) atoms. The van der Waals surface area contributed by atoms with Gasteiger partial charge in [-0.05, 0) is 49.2 Å². The van der Waals surface area contributed by atoms with Gasteiger partial charge in [0.25, 0.3) is 0 Å². The van der Waals surface area contributed by atoms with Crippen LogP contribution < -0.4 is 14.8 Å². The van der Waals surface area contributed by atoms with E-state index in [-0.39, 0.29) is 5.91 Å². The molecule has 0 saturated carbocycles. The number of hydrogen-bond donors (Lipinski definition) is 1. The molecule has 4 aromatic rings. The zero-order valence-electron chi connectivity index (χ0n) is 18.1. The van der Waals surface area contributed by atoms with Crippen LogP contribution in [0.25, 0.3) is 22.2 Å². The number of carbonyl (C=O) groups excluding carboxylic acids is 1. The number of thiazole rings is 1. The first-order chi connectivity index (χ1) is 15.0. The second-order valence-electron chi connectivity index (χ2n) is 7.34. The molecule has 0 saturated heterocycles. The van der Waals surface area contributed by atoms with Gasteiger partial charge < -0.3 is 19.4 Å². The highest BCUT2D eigenvalue weighted by atomic mass is 32.1. The summed E-state index contributed by atoms with van der Waals surface area (Å²) in [6, 6.07) is 13.8. The minimum absolute atomic E-state index is 0.0481. The van der Waals surface area contributed by atoms with Crippen LogP contribution in [0.4, 0.5) is 5.13 Å². The smallest absolute Gasteiger partial charge is 0.226 e. The number of nitrogens with one attached hydrogen (secondary N) is 1. The largest absolute Gasteiger partial charge is 0.497 e. The van der Waals surface area contributed by atoms with Crippen molar-refractivity contribution in [1.29, 1.82) is 0 Å². The molecule has 0 aliphatic carbocycles. The predicted octanol–water partition coefficient (Wildman–Crippen LogP) is 5.20. The van der Waals surface area contributed by atoms with Crippen LogP contribution >= 0.6 is 11.3 Å². The minimum Gasteiger partial charge on any atom is -0.497 e. The van der Waals surface area contributed by atoms with E-state index >= 15 is 0 Å². The first-order valence-electron chi connectivity index (χ1n) is 10.0. The maximum Gasteiger partial charge on any atom is 0.226 e. The summed E-state index contributed by atoms with van der Waals surface area (Å²) in [5.74, 6) is 1.57. The first-order valence-corrected chi connectivity index (χ1v) is 10.9. The molecule has 4 rings (SSSR count). The Kier molecular flexibility index (Phi) is 5.95. The molecule has 2 heterocycles. The lowest BCUT2D eigenvalue weighted by Crippen LogP contribution is -2.12. The molecule has 160 valence electrons. The van der Waals surface area contributed by atoms with Crippen molar-refractivity contribution in [2.24, 2.45) is 7.05 Å². The quantitative estimate of drug-likeness (QED) is 0.433. The maximum absolute atomic E-state index is 12.4. The van der Waals surface area contributed by atoms with Crippen molar-refractivity contribution in [3.05, 3.63) is 59.1 Å². The number of carbonyl (C=O) groups is 1. The number of aromatic nitrogens is 2. The number of methoxy groups -OCH3 is 2. The summed E-state index contributed by atoms with van der Waals surface area (Å²) in [6.07, 6.45) is 1.06. The second kappa shape index (κ2) is 8.81. The van der Waals surface area contributed by atoms with Gasteiger partial charge in [0.05, 0.1) is 19.9 Å². The van der Waals surface area contributed by atoms with Crippen molar-refractivity contribution >= 4 is 33.3 Å². The van der Waals surface area contributed by atoms with E-state index in [9.17, 15) is 4.79 Å². The lowest BCUT2D eigenvalue weighted by atomic mass is 10.1. The fourth-order valence-electron chi connectivity index (χ4n) is 3.68. The fraction of sp³-hybridized carbons (Fsp3) is 0.250. The number of nitrogens with zero attached hydrogens (tertiary/aromatic N) is 2. The monoisotopic (exact) mass is 435 g/mol. The highest BCUT2D eigenvalue weighted by molar-refractivity contribution is 7.14. The summed E-state index contributed by atoms with van der Waals surface area (Å²) < 4.78 is 12.7. The van der Waals surface area contributed by atoms with Gasteiger partial charge in [-0.3, -0.25) is 4.79 Å². The van der Waals surface area contributed by atoms with Crippen LogP contribution in [0.3, 0.4) is 0 Å². The van der Waals surface area contributed by atoms with Crippen LogP contribution in [0.15, 0.2) is 47.8 Å². The highest BCUT2D eigenvalue weighted by Crippen LogP contribution is 2.37. The van der Waals surface area contributed by atoms with Gasteiger partial charge in [-0.1, -0.05) is 12.1 Å². The van der Waals surface area contributed by atoms with E-state index < -0.39 is 0 Å². The molecule has 1 amide bonds. The van der Waals surface area contributed by atoms with Gasteiger partial charge in [0.1, 0.15) is 11.5 Å². The molecule has 0 spiro atoms. The van der Waals surface area contributed by atoms with Gasteiger partial charge in [0.15, 0.2) is 5.13 Å². The van der Waals surface area contributed by atoms with Gasteiger partial charge in [0.2, 0.25) is 5.91 Å². The number of benzene rings is 2. The summed E-state index contributed by atoms with van der Waals surface area (Å²) in [7, 11) is 5.35. The Bertz CT molecular complexity index is 1230. The highest BCUT2D eigenvalue weighted by Gasteiger charge is 2.17. The molecule has 2 aromatic heterocycles. The van der Waals surface area contributed by atoms with Gasteiger partial charge >= 0.3 is 0 Å². The van der Waals surface area contributed by atoms with E-state index in [1.807, 2.05) is 48.8 Å². The number of fused-ring (bicyclic) bond motifs is 1. The van der Waals surface area contributed by atoms with Crippen LogP contribution in [-0.2, 0) is 18.3 Å². The van der Waals surface area contributed by atoms with Crippen LogP contribution in [0.1, 0.15) is 17.7 Å². The molecular formula is C24H25N3O3S. The number of hydrogen-bond acceptors (Lipinski definition) is 5. The average molecular weight is 436 g/mol. The molecule has 0 radical (unpaired) electrons. The van der Waals surface area contributed by atoms with Gasteiger partial charge in [0, 0.05) is 41.0 Å². The molecule has 0 aliphatic heterocycles. The Labute approximate surface area is 185 Å². The number of ether oxygens (including phenoxy) is 2. The lowest BCUT2D eigenvalue weighted by Gasteiger charge is -2.04. The minimum atomic E-state index is -0.0481. The molecule has 0 bridgehead atoms. The van der Waals surface area contributed by atoms with Crippen molar-refractivity contribution in [2.75, 3.05) is 19.5 Å².